The van der Waals surface area contributed by atoms with Crippen molar-refractivity contribution in [2.24, 2.45) is 0 Å². The molecule has 2 aromatic rings. The van der Waals surface area contributed by atoms with E-state index in [4.69, 9.17) is 4.74 Å². The summed E-state index contributed by atoms with van der Waals surface area (Å²) in [6.45, 7) is 5.35. The van der Waals surface area contributed by atoms with E-state index in [1.54, 1.807) is 4.90 Å². The first-order chi connectivity index (χ1) is 11.1. The lowest BCUT2D eigenvalue weighted by Crippen LogP contribution is -2.26. The molecule has 0 unspecified atom stereocenters. The minimum atomic E-state index is 0.151. The molecule has 0 spiro atoms. The second-order valence-electron chi connectivity index (χ2n) is 5.89. The summed E-state index contributed by atoms with van der Waals surface area (Å²) in [7, 11) is 1.85. The number of ether oxygens (including phenoxy) is 1. The van der Waals surface area contributed by atoms with Crippen LogP contribution in [-0.2, 0) is 11.3 Å². The molecule has 0 N–H and O–H groups in total. The molecule has 0 bridgehead atoms. The van der Waals surface area contributed by atoms with E-state index in [2.05, 4.69) is 19.9 Å². The van der Waals surface area contributed by atoms with Crippen LogP contribution in [0, 0.1) is 13.8 Å². The van der Waals surface area contributed by atoms with Crippen LogP contribution in [0.5, 0.6) is 5.75 Å². The molecule has 1 amide bonds. The SMILES string of the molecule is Cc1cccc(OCCCC(=O)N(C)Cc2ccccc2)c1C. The van der Waals surface area contributed by atoms with Crippen LogP contribution in [0.2, 0.25) is 0 Å². The van der Waals surface area contributed by atoms with Crippen molar-refractivity contribution in [1.82, 2.24) is 4.90 Å². The van der Waals surface area contributed by atoms with Gasteiger partial charge in [0.2, 0.25) is 5.91 Å². The highest BCUT2D eigenvalue weighted by atomic mass is 16.5. The van der Waals surface area contributed by atoms with Crippen LogP contribution in [0.25, 0.3) is 0 Å². The molecule has 2 rings (SSSR count). The summed E-state index contributed by atoms with van der Waals surface area (Å²) in [6, 6.07) is 16.1. The fourth-order valence-electron chi connectivity index (χ4n) is 2.42. The van der Waals surface area contributed by atoms with Gasteiger partial charge in [-0.3, -0.25) is 4.79 Å². The number of amides is 1. The van der Waals surface area contributed by atoms with Crippen molar-refractivity contribution in [1.29, 1.82) is 0 Å². The van der Waals surface area contributed by atoms with E-state index >= 15 is 0 Å². The molecule has 0 aliphatic heterocycles. The van der Waals surface area contributed by atoms with E-state index in [0.717, 1.165) is 17.7 Å². The lowest BCUT2D eigenvalue weighted by Gasteiger charge is -2.17. The first-order valence-corrected chi connectivity index (χ1v) is 8.05. The molecule has 2 aromatic carbocycles. The lowest BCUT2D eigenvalue weighted by atomic mass is 10.1. The van der Waals surface area contributed by atoms with Crippen LogP contribution in [0.4, 0.5) is 0 Å². The minimum absolute atomic E-state index is 0.151. The third kappa shape index (κ3) is 5.13. The van der Waals surface area contributed by atoms with Gasteiger partial charge in [0.05, 0.1) is 6.61 Å². The quantitative estimate of drug-likeness (QED) is 0.720. The van der Waals surface area contributed by atoms with Crippen molar-refractivity contribution in [3.05, 3.63) is 65.2 Å². The fourth-order valence-corrected chi connectivity index (χ4v) is 2.42. The van der Waals surface area contributed by atoms with E-state index in [1.807, 2.05) is 49.5 Å². The van der Waals surface area contributed by atoms with Gasteiger partial charge >= 0.3 is 0 Å². The highest BCUT2D eigenvalue weighted by molar-refractivity contribution is 5.75. The molecule has 0 heterocycles. The zero-order chi connectivity index (χ0) is 16.7. The maximum absolute atomic E-state index is 12.2. The largest absolute Gasteiger partial charge is 0.493 e. The molecule has 3 nitrogen and oxygen atoms in total. The van der Waals surface area contributed by atoms with Crippen LogP contribution in [0.15, 0.2) is 48.5 Å². The van der Waals surface area contributed by atoms with Gasteiger partial charge in [-0.05, 0) is 43.0 Å². The number of carbonyl (C=O) groups excluding carboxylic acids is 1. The summed E-state index contributed by atoms with van der Waals surface area (Å²) in [5.41, 5.74) is 3.54. The predicted molar refractivity (Wildman–Crippen MR) is 93.6 cm³/mol. The Morgan fingerprint density at radius 2 is 1.78 bits per heavy atom. The smallest absolute Gasteiger partial charge is 0.222 e. The normalized spacial score (nSPS) is 10.4. The average Bonchev–Trinajstić information content (AvgIpc) is 2.56. The number of rotatable bonds is 7. The monoisotopic (exact) mass is 311 g/mol. The van der Waals surface area contributed by atoms with Crippen molar-refractivity contribution in [2.45, 2.75) is 33.2 Å². The second kappa shape index (κ2) is 8.37. The molecule has 0 saturated heterocycles. The Bertz CT molecular complexity index is 637. The zero-order valence-electron chi connectivity index (χ0n) is 14.2. The molecule has 0 aliphatic carbocycles. The molecule has 122 valence electrons. The number of nitrogens with zero attached hydrogens (tertiary/aromatic N) is 1. The Labute approximate surface area is 138 Å². The highest BCUT2D eigenvalue weighted by Crippen LogP contribution is 2.20. The first-order valence-electron chi connectivity index (χ1n) is 8.05. The van der Waals surface area contributed by atoms with Crippen LogP contribution >= 0.6 is 0 Å². The summed E-state index contributed by atoms with van der Waals surface area (Å²) in [4.78, 5) is 13.9. The molecule has 0 aliphatic rings. The summed E-state index contributed by atoms with van der Waals surface area (Å²) in [5, 5.41) is 0. The Kier molecular flexibility index (Phi) is 6.21. The number of hydrogen-bond donors (Lipinski definition) is 0. The summed E-state index contributed by atoms with van der Waals surface area (Å²) >= 11 is 0. The molecule has 3 heteroatoms. The van der Waals surface area contributed by atoms with Gasteiger partial charge in [-0.2, -0.15) is 0 Å². The Morgan fingerprint density at radius 3 is 2.52 bits per heavy atom. The Balaban J connectivity index is 1.73. The number of benzene rings is 2. The van der Waals surface area contributed by atoms with Crippen molar-refractivity contribution in [2.75, 3.05) is 13.7 Å². The van der Waals surface area contributed by atoms with Crippen molar-refractivity contribution >= 4 is 5.91 Å². The first kappa shape index (κ1) is 17.1. The molecule has 0 radical (unpaired) electrons. The van der Waals surface area contributed by atoms with E-state index < -0.39 is 0 Å². The van der Waals surface area contributed by atoms with Crippen molar-refractivity contribution in [3.63, 3.8) is 0 Å². The predicted octanol–water partition coefficient (Wildman–Crippen LogP) is 4.12. The summed E-state index contributed by atoms with van der Waals surface area (Å²) < 4.78 is 5.80. The van der Waals surface area contributed by atoms with Crippen LogP contribution < -0.4 is 4.74 Å². The van der Waals surface area contributed by atoms with Gasteiger partial charge in [0.1, 0.15) is 5.75 Å². The maximum atomic E-state index is 12.2. The van der Waals surface area contributed by atoms with Gasteiger partial charge in [0.25, 0.3) is 0 Å². The van der Waals surface area contributed by atoms with Crippen molar-refractivity contribution in [3.8, 4) is 5.75 Å². The number of carbonyl (C=O) groups is 1. The second-order valence-corrected chi connectivity index (χ2v) is 5.89. The topological polar surface area (TPSA) is 29.5 Å². The van der Waals surface area contributed by atoms with Gasteiger partial charge < -0.3 is 9.64 Å². The molecule has 0 aromatic heterocycles. The summed E-state index contributed by atoms with van der Waals surface area (Å²) in [6.07, 6.45) is 1.24. The molecule has 0 saturated carbocycles. The van der Waals surface area contributed by atoms with Crippen molar-refractivity contribution < 1.29 is 9.53 Å². The number of hydrogen-bond acceptors (Lipinski definition) is 2. The molecule has 23 heavy (non-hydrogen) atoms. The van der Waals surface area contributed by atoms with Gasteiger partial charge in [-0.15, -0.1) is 0 Å². The molecule has 0 fully saturated rings. The van der Waals surface area contributed by atoms with Crippen LogP contribution in [-0.4, -0.2) is 24.5 Å². The zero-order valence-corrected chi connectivity index (χ0v) is 14.2. The third-order valence-electron chi connectivity index (χ3n) is 4.04. The van der Waals surface area contributed by atoms with Crippen LogP contribution in [0.3, 0.4) is 0 Å². The Morgan fingerprint density at radius 1 is 1.04 bits per heavy atom. The van der Waals surface area contributed by atoms with E-state index in [-0.39, 0.29) is 5.91 Å². The standard InChI is InChI=1S/C20H25NO2/c1-16-9-7-12-19(17(16)2)23-14-8-13-20(22)21(3)15-18-10-5-4-6-11-18/h4-7,9-12H,8,13-15H2,1-3H3. The Hall–Kier alpha value is -2.29. The number of aryl methyl sites for hydroxylation is 1. The van der Waals surface area contributed by atoms with E-state index in [9.17, 15) is 4.79 Å². The lowest BCUT2D eigenvalue weighted by molar-refractivity contribution is -0.130. The fraction of sp³-hybridized carbons (Fsp3) is 0.350. The highest BCUT2D eigenvalue weighted by Gasteiger charge is 2.09. The maximum Gasteiger partial charge on any atom is 0.222 e. The van der Waals surface area contributed by atoms with Gasteiger partial charge in [0, 0.05) is 20.0 Å². The van der Waals surface area contributed by atoms with Gasteiger partial charge in [-0.1, -0.05) is 42.5 Å². The molecule has 0 atom stereocenters. The summed E-state index contributed by atoms with van der Waals surface area (Å²) in [5.74, 6) is 1.06. The van der Waals surface area contributed by atoms with Crippen LogP contribution in [0.1, 0.15) is 29.5 Å². The van der Waals surface area contributed by atoms with Gasteiger partial charge in [0.15, 0.2) is 0 Å². The molecular weight excluding hydrogens is 286 g/mol. The third-order valence-corrected chi connectivity index (χ3v) is 4.04. The van der Waals surface area contributed by atoms with E-state index in [1.165, 1.54) is 11.1 Å². The van der Waals surface area contributed by atoms with Gasteiger partial charge in [-0.25, -0.2) is 0 Å². The molecular formula is C20H25NO2. The average molecular weight is 311 g/mol. The van der Waals surface area contributed by atoms with E-state index in [0.29, 0.717) is 19.6 Å². The minimum Gasteiger partial charge on any atom is -0.493 e.